The van der Waals surface area contributed by atoms with Crippen molar-refractivity contribution in [3.8, 4) is 0 Å². The third-order valence-corrected chi connectivity index (χ3v) is 5.63. The summed E-state index contributed by atoms with van der Waals surface area (Å²) in [6, 6.07) is 12.3. The molecule has 3 aromatic heterocycles. The van der Waals surface area contributed by atoms with Crippen molar-refractivity contribution in [2.45, 2.75) is 53.8 Å². The number of hydrogen-bond acceptors (Lipinski definition) is 4. The van der Waals surface area contributed by atoms with Crippen LogP contribution in [-0.2, 0) is 13.1 Å². The highest BCUT2D eigenvalue weighted by molar-refractivity contribution is 5.98. The highest BCUT2D eigenvalue weighted by atomic mass is 16.1. The zero-order chi connectivity index (χ0) is 22.1. The van der Waals surface area contributed by atoms with E-state index >= 15 is 0 Å². The quantitative estimate of drug-likeness (QED) is 0.513. The number of hydrogen-bond donors (Lipinski definition) is 1. The van der Waals surface area contributed by atoms with Gasteiger partial charge in [0.15, 0.2) is 5.65 Å². The van der Waals surface area contributed by atoms with E-state index in [2.05, 4.69) is 46.5 Å². The van der Waals surface area contributed by atoms with Gasteiger partial charge >= 0.3 is 0 Å². The van der Waals surface area contributed by atoms with Gasteiger partial charge in [-0.05, 0) is 46.2 Å². The third kappa shape index (κ3) is 4.08. The van der Waals surface area contributed by atoms with Gasteiger partial charge in [-0.3, -0.25) is 9.48 Å². The van der Waals surface area contributed by atoms with E-state index in [9.17, 15) is 4.79 Å². The molecule has 160 valence electrons. The molecule has 0 saturated carbocycles. The normalized spacial score (nSPS) is 11.4. The maximum Gasteiger partial charge on any atom is 0.253 e. The van der Waals surface area contributed by atoms with Crippen LogP contribution in [0.4, 0.5) is 0 Å². The Morgan fingerprint density at radius 1 is 1.10 bits per heavy atom. The average Bonchev–Trinajstić information content (AvgIpc) is 3.27. The molecule has 0 saturated heterocycles. The average molecular weight is 417 g/mol. The molecule has 0 spiro atoms. The SMILES string of the molecule is Cc1nc2c(cnn2C(C)C)cc1C(=O)NCc1c(C)nn(Cc2ccccc2)c1C. The van der Waals surface area contributed by atoms with Crippen LogP contribution in [0.3, 0.4) is 0 Å². The van der Waals surface area contributed by atoms with Gasteiger partial charge in [0.05, 0.1) is 29.7 Å². The zero-order valence-corrected chi connectivity index (χ0v) is 18.7. The smallest absolute Gasteiger partial charge is 0.253 e. The van der Waals surface area contributed by atoms with Crippen molar-refractivity contribution >= 4 is 16.9 Å². The molecule has 7 heteroatoms. The lowest BCUT2D eigenvalue weighted by atomic mass is 10.1. The summed E-state index contributed by atoms with van der Waals surface area (Å²) in [6.07, 6.45) is 1.76. The van der Waals surface area contributed by atoms with E-state index in [1.54, 1.807) is 6.20 Å². The highest BCUT2D eigenvalue weighted by Gasteiger charge is 2.17. The third-order valence-electron chi connectivity index (χ3n) is 5.63. The first-order valence-electron chi connectivity index (χ1n) is 10.5. The standard InChI is InChI=1S/C24H28N6O/c1-15(2)30-23-20(12-26-30)11-21(16(3)27-23)24(31)25-13-22-17(4)28-29(18(22)5)14-19-9-7-6-8-10-19/h6-12,15H,13-14H2,1-5H3,(H,25,31). The molecule has 7 nitrogen and oxygen atoms in total. The van der Waals surface area contributed by atoms with Crippen LogP contribution in [0.5, 0.6) is 0 Å². The van der Waals surface area contributed by atoms with E-state index in [0.717, 1.165) is 28.0 Å². The number of carbonyl (C=O) groups is 1. The Bertz CT molecular complexity index is 1240. The summed E-state index contributed by atoms with van der Waals surface area (Å²) in [5, 5.41) is 13.0. The molecule has 0 atom stereocenters. The summed E-state index contributed by atoms with van der Waals surface area (Å²) in [4.78, 5) is 17.6. The van der Waals surface area contributed by atoms with Gasteiger partial charge in [0.1, 0.15) is 0 Å². The fourth-order valence-electron chi connectivity index (χ4n) is 3.84. The number of benzene rings is 1. The number of amides is 1. The minimum Gasteiger partial charge on any atom is -0.348 e. The molecule has 0 fully saturated rings. The number of aryl methyl sites for hydroxylation is 2. The summed E-state index contributed by atoms with van der Waals surface area (Å²) < 4.78 is 3.86. The van der Waals surface area contributed by atoms with Gasteiger partial charge in [0.2, 0.25) is 0 Å². The molecule has 0 aliphatic carbocycles. The summed E-state index contributed by atoms with van der Waals surface area (Å²) in [5.74, 6) is -0.140. The Morgan fingerprint density at radius 3 is 2.55 bits per heavy atom. The van der Waals surface area contributed by atoms with Crippen LogP contribution in [-0.4, -0.2) is 30.5 Å². The maximum absolute atomic E-state index is 12.9. The van der Waals surface area contributed by atoms with Crippen LogP contribution in [0.1, 0.15) is 58.5 Å². The second-order valence-electron chi connectivity index (χ2n) is 8.19. The monoisotopic (exact) mass is 416 g/mol. The molecule has 0 aliphatic rings. The molecule has 0 bridgehead atoms. The van der Waals surface area contributed by atoms with Gasteiger partial charge in [-0.15, -0.1) is 0 Å². The van der Waals surface area contributed by atoms with Gasteiger partial charge in [-0.1, -0.05) is 30.3 Å². The van der Waals surface area contributed by atoms with Gasteiger partial charge < -0.3 is 5.32 Å². The molecular weight excluding hydrogens is 388 g/mol. The van der Waals surface area contributed by atoms with Crippen molar-refractivity contribution in [3.05, 3.63) is 76.4 Å². The lowest BCUT2D eigenvalue weighted by Crippen LogP contribution is -2.24. The number of nitrogens with zero attached hydrogens (tertiary/aromatic N) is 5. The van der Waals surface area contributed by atoms with Crippen LogP contribution in [0, 0.1) is 20.8 Å². The first-order valence-corrected chi connectivity index (χ1v) is 10.5. The topological polar surface area (TPSA) is 77.6 Å². The van der Waals surface area contributed by atoms with Crippen LogP contribution in [0.2, 0.25) is 0 Å². The Hall–Kier alpha value is -3.48. The number of carbonyl (C=O) groups excluding carboxylic acids is 1. The second-order valence-corrected chi connectivity index (χ2v) is 8.19. The predicted octanol–water partition coefficient (Wildman–Crippen LogP) is 4.11. The van der Waals surface area contributed by atoms with Gasteiger partial charge in [0, 0.05) is 29.2 Å². The van der Waals surface area contributed by atoms with Crippen molar-refractivity contribution in [1.29, 1.82) is 0 Å². The van der Waals surface area contributed by atoms with E-state index in [4.69, 9.17) is 0 Å². The van der Waals surface area contributed by atoms with E-state index in [0.29, 0.717) is 24.3 Å². The summed E-state index contributed by atoms with van der Waals surface area (Å²) >= 11 is 0. The van der Waals surface area contributed by atoms with Gasteiger partial charge in [-0.25, -0.2) is 9.67 Å². The predicted molar refractivity (Wildman–Crippen MR) is 121 cm³/mol. The minimum absolute atomic E-state index is 0.140. The van der Waals surface area contributed by atoms with Crippen molar-refractivity contribution < 1.29 is 4.79 Å². The Labute approximate surface area is 182 Å². The largest absolute Gasteiger partial charge is 0.348 e. The Balaban J connectivity index is 1.52. The molecule has 3 heterocycles. The minimum atomic E-state index is -0.140. The van der Waals surface area contributed by atoms with Gasteiger partial charge in [-0.2, -0.15) is 10.2 Å². The molecule has 0 unspecified atom stereocenters. The number of pyridine rings is 1. The summed E-state index contributed by atoms with van der Waals surface area (Å²) in [7, 11) is 0. The van der Waals surface area contributed by atoms with Crippen LogP contribution in [0.15, 0.2) is 42.6 Å². The molecule has 4 rings (SSSR count). The first kappa shape index (κ1) is 20.8. The molecule has 1 amide bonds. The van der Waals surface area contributed by atoms with E-state index < -0.39 is 0 Å². The summed E-state index contributed by atoms with van der Waals surface area (Å²) in [6.45, 7) is 11.1. The fraction of sp³-hybridized carbons (Fsp3) is 0.333. The van der Waals surface area contributed by atoms with Gasteiger partial charge in [0.25, 0.3) is 5.91 Å². The van der Waals surface area contributed by atoms with E-state index in [-0.39, 0.29) is 11.9 Å². The second kappa shape index (κ2) is 8.34. The molecule has 1 N–H and O–H groups in total. The zero-order valence-electron chi connectivity index (χ0n) is 18.7. The van der Waals surface area contributed by atoms with E-state index in [1.165, 1.54) is 5.56 Å². The Morgan fingerprint density at radius 2 is 1.84 bits per heavy atom. The molecule has 1 aromatic carbocycles. The lowest BCUT2D eigenvalue weighted by Gasteiger charge is -2.10. The van der Waals surface area contributed by atoms with Crippen LogP contribution < -0.4 is 5.32 Å². The highest BCUT2D eigenvalue weighted by Crippen LogP contribution is 2.20. The number of nitrogens with one attached hydrogen (secondary N) is 1. The summed E-state index contributed by atoms with van der Waals surface area (Å²) in [5.41, 5.74) is 6.30. The lowest BCUT2D eigenvalue weighted by molar-refractivity contribution is 0.0950. The van der Waals surface area contributed by atoms with Crippen LogP contribution in [0.25, 0.3) is 11.0 Å². The van der Waals surface area contributed by atoms with E-state index in [1.807, 2.05) is 54.4 Å². The van der Waals surface area contributed by atoms with Crippen molar-refractivity contribution in [3.63, 3.8) is 0 Å². The van der Waals surface area contributed by atoms with Crippen molar-refractivity contribution in [2.24, 2.45) is 0 Å². The molecule has 0 aliphatic heterocycles. The van der Waals surface area contributed by atoms with Crippen molar-refractivity contribution in [2.75, 3.05) is 0 Å². The Kier molecular flexibility index (Phi) is 5.59. The van der Waals surface area contributed by atoms with Crippen molar-refractivity contribution in [1.82, 2.24) is 29.9 Å². The number of aromatic nitrogens is 5. The number of fused-ring (bicyclic) bond motifs is 1. The molecule has 0 radical (unpaired) electrons. The number of rotatable bonds is 6. The van der Waals surface area contributed by atoms with Crippen LogP contribution >= 0.6 is 0 Å². The molecule has 31 heavy (non-hydrogen) atoms. The maximum atomic E-state index is 12.9. The first-order chi connectivity index (χ1) is 14.8. The molecular formula is C24H28N6O. The molecule has 4 aromatic rings. The fourth-order valence-corrected chi connectivity index (χ4v) is 3.84.